The molecular formula is C15H20ClN5O3. The van der Waals surface area contributed by atoms with Crippen molar-refractivity contribution in [2.75, 3.05) is 31.3 Å². The highest BCUT2D eigenvalue weighted by atomic mass is 35.5. The molecule has 130 valence electrons. The van der Waals surface area contributed by atoms with Gasteiger partial charge in [0.1, 0.15) is 12.3 Å². The number of nitrogens with one attached hydrogen (secondary N) is 3. The molecule has 2 rings (SSSR count). The number of carbonyl (C=O) groups is 2. The summed E-state index contributed by atoms with van der Waals surface area (Å²) >= 11 is 0. The van der Waals surface area contributed by atoms with E-state index in [2.05, 4.69) is 21.0 Å². The Morgan fingerprint density at radius 3 is 2.42 bits per heavy atom. The average Bonchev–Trinajstić information content (AvgIpc) is 2.95. The Kier molecular flexibility index (Phi) is 7.73. The summed E-state index contributed by atoms with van der Waals surface area (Å²) in [5.41, 5.74) is 1.22. The molecule has 8 nitrogen and oxygen atoms in total. The lowest BCUT2D eigenvalue weighted by atomic mass is 10.3. The number of rotatable bonds is 7. The molecule has 9 heteroatoms. The van der Waals surface area contributed by atoms with Gasteiger partial charge >= 0.3 is 0 Å². The van der Waals surface area contributed by atoms with E-state index >= 15 is 0 Å². The van der Waals surface area contributed by atoms with E-state index in [4.69, 9.17) is 4.74 Å². The zero-order chi connectivity index (χ0) is 16.7. The molecule has 0 aliphatic heterocycles. The molecule has 0 spiro atoms. The number of likely N-dealkylation sites (N-methyl/N-ethyl adjacent to an activating group) is 1. The highest BCUT2D eigenvalue weighted by molar-refractivity contribution is 5.92. The standard InChI is InChI=1S/C15H19N5O3.ClH/c1-16-8-14(21)19-12-7-17-20(9-12)10-15(22)18-11-3-5-13(23-2)6-4-11;/h3-7,9,16H,8,10H2,1-2H3,(H,18,22)(H,19,21);1H. The average molecular weight is 354 g/mol. The zero-order valence-electron chi connectivity index (χ0n) is 13.4. The molecule has 0 fully saturated rings. The second kappa shape index (κ2) is 9.53. The second-order valence-corrected chi connectivity index (χ2v) is 4.78. The summed E-state index contributed by atoms with van der Waals surface area (Å²) in [4.78, 5) is 23.4. The lowest BCUT2D eigenvalue weighted by molar-refractivity contribution is -0.117. The first-order chi connectivity index (χ1) is 11.1. The van der Waals surface area contributed by atoms with Crippen molar-refractivity contribution >= 4 is 35.6 Å². The van der Waals surface area contributed by atoms with E-state index in [0.29, 0.717) is 11.4 Å². The van der Waals surface area contributed by atoms with Crippen LogP contribution in [0.1, 0.15) is 0 Å². The fraction of sp³-hybridized carbons (Fsp3) is 0.267. The Morgan fingerprint density at radius 2 is 1.79 bits per heavy atom. The molecule has 3 N–H and O–H groups in total. The third kappa shape index (κ3) is 5.90. The zero-order valence-corrected chi connectivity index (χ0v) is 14.2. The van der Waals surface area contributed by atoms with E-state index in [1.807, 2.05) is 0 Å². The number of ether oxygens (including phenoxy) is 1. The SMILES string of the molecule is CNCC(=O)Nc1cnn(CC(=O)Nc2ccc(OC)cc2)c1.Cl. The normalized spacial score (nSPS) is 9.75. The van der Waals surface area contributed by atoms with E-state index in [0.717, 1.165) is 5.75 Å². The number of anilines is 2. The number of benzene rings is 1. The van der Waals surface area contributed by atoms with Crippen LogP contribution < -0.4 is 20.7 Å². The van der Waals surface area contributed by atoms with Gasteiger partial charge in [0.05, 0.1) is 25.5 Å². The second-order valence-electron chi connectivity index (χ2n) is 4.78. The number of carbonyl (C=O) groups excluding carboxylic acids is 2. The fourth-order valence-corrected chi connectivity index (χ4v) is 1.90. The maximum absolute atomic E-state index is 12.0. The van der Waals surface area contributed by atoms with E-state index in [1.54, 1.807) is 44.6 Å². The summed E-state index contributed by atoms with van der Waals surface area (Å²) in [6.45, 7) is 0.261. The molecule has 0 aliphatic carbocycles. The van der Waals surface area contributed by atoms with Crippen LogP contribution in [0.5, 0.6) is 5.75 Å². The minimum Gasteiger partial charge on any atom is -0.497 e. The van der Waals surface area contributed by atoms with Gasteiger partial charge < -0.3 is 20.7 Å². The van der Waals surface area contributed by atoms with Crippen molar-refractivity contribution in [3.8, 4) is 5.75 Å². The van der Waals surface area contributed by atoms with Crippen LogP contribution in [-0.2, 0) is 16.1 Å². The maximum atomic E-state index is 12.0. The number of hydrogen-bond acceptors (Lipinski definition) is 5. The molecule has 0 atom stereocenters. The van der Waals surface area contributed by atoms with Gasteiger partial charge in [0.15, 0.2) is 0 Å². The molecule has 0 radical (unpaired) electrons. The monoisotopic (exact) mass is 353 g/mol. The predicted octanol–water partition coefficient (Wildman–Crippen LogP) is 1.11. The van der Waals surface area contributed by atoms with Crippen LogP contribution in [0.2, 0.25) is 0 Å². The number of hydrogen-bond donors (Lipinski definition) is 3. The first kappa shape index (κ1) is 19.5. The van der Waals surface area contributed by atoms with Crippen molar-refractivity contribution in [3.63, 3.8) is 0 Å². The van der Waals surface area contributed by atoms with Crippen molar-refractivity contribution in [2.24, 2.45) is 0 Å². The van der Waals surface area contributed by atoms with Crippen LogP contribution in [0, 0.1) is 0 Å². The highest BCUT2D eigenvalue weighted by Crippen LogP contribution is 2.15. The van der Waals surface area contributed by atoms with Gasteiger partial charge in [-0.05, 0) is 31.3 Å². The molecule has 0 unspecified atom stereocenters. The Morgan fingerprint density at radius 1 is 1.12 bits per heavy atom. The lowest BCUT2D eigenvalue weighted by Gasteiger charge is -2.06. The van der Waals surface area contributed by atoms with Gasteiger partial charge in [-0.1, -0.05) is 0 Å². The molecule has 1 aromatic heterocycles. The number of halogens is 1. The molecule has 24 heavy (non-hydrogen) atoms. The van der Waals surface area contributed by atoms with Crippen LogP contribution in [-0.4, -0.2) is 42.3 Å². The minimum absolute atomic E-state index is 0. The largest absolute Gasteiger partial charge is 0.497 e. The van der Waals surface area contributed by atoms with Gasteiger partial charge in [-0.15, -0.1) is 12.4 Å². The summed E-state index contributed by atoms with van der Waals surface area (Å²) in [5.74, 6) is 0.332. The number of methoxy groups -OCH3 is 1. The summed E-state index contributed by atoms with van der Waals surface area (Å²) < 4.78 is 6.51. The van der Waals surface area contributed by atoms with Gasteiger partial charge in [0.25, 0.3) is 0 Å². The van der Waals surface area contributed by atoms with Crippen molar-refractivity contribution in [1.82, 2.24) is 15.1 Å². The van der Waals surface area contributed by atoms with Crippen molar-refractivity contribution in [3.05, 3.63) is 36.7 Å². The van der Waals surface area contributed by atoms with Crippen molar-refractivity contribution in [1.29, 1.82) is 0 Å². The molecule has 2 aromatic rings. The molecule has 1 aromatic carbocycles. The number of nitrogens with zero attached hydrogens (tertiary/aromatic N) is 2. The molecule has 0 saturated carbocycles. The van der Waals surface area contributed by atoms with Crippen molar-refractivity contribution in [2.45, 2.75) is 6.54 Å². The van der Waals surface area contributed by atoms with E-state index in [1.165, 1.54) is 10.9 Å². The Balaban J connectivity index is 0.00000288. The van der Waals surface area contributed by atoms with E-state index in [9.17, 15) is 9.59 Å². The van der Waals surface area contributed by atoms with Gasteiger partial charge in [-0.2, -0.15) is 5.10 Å². The third-order valence-corrected chi connectivity index (χ3v) is 2.93. The third-order valence-electron chi connectivity index (χ3n) is 2.93. The summed E-state index contributed by atoms with van der Waals surface area (Å²) in [6.07, 6.45) is 3.09. The number of amides is 2. The van der Waals surface area contributed by atoms with Crippen molar-refractivity contribution < 1.29 is 14.3 Å². The van der Waals surface area contributed by atoms with E-state index in [-0.39, 0.29) is 37.3 Å². The maximum Gasteiger partial charge on any atom is 0.246 e. The smallest absolute Gasteiger partial charge is 0.246 e. The Bertz CT molecular complexity index is 672. The highest BCUT2D eigenvalue weighted by Gasteiger charge is 2.07. The van der Waals surface area contributed by atoms with Gasteiger partial charge in [0, 0.05) is 11.9 Å². The number of aromatic nitrogens is 2. The molecule has 0 aliphatic rings. The fourth-order valence-electron chi connectivity index (χ4n) is 1.90. The molecular weight excluding hydrogens is 334 g/mol. The quantitative estimate of drug-likeness (QED) is 0.692. The topological polar surface area (TPSA) is 97.3 Å². The molecule has 0 bridgehead atoms. The Hall–Kier alpha value is -2.58. The van der Waals surface area contributed by atoms with Gasteiger partial charge in [0.2, 0.25) is 11.8 Å². The van der Waals surface area contributed by atoms with Crippen LogP contribution >= 0.6 is 12.4 Å². The van der Waals surface area contributed by atoms with Crippen LogP contribution in [0.3, 0.4) is 0 Å². The lowest BCUT2D eigenvalue weighted by Crippen LogP contribution is -2.24. The van der Waals surface area contributed by atoms with Crippen LogP contribution in [0.25, 0.3) is 0 Å². The summed E-state index contributed by atoms with van der Waals surface area (Å²) in [6, 6.07) is 7.03. The predicted molar refractivity (Wildman–Crippen MR) is 93.7 cm³/mol. The van der Waals surface area contributed by atoms with Crippen LogP contribution in [0.15, 0.2) is 36.7 Å². The summed E-state index contributed by atoms with van der Waals surface area (Å²) in [5, 5.41) is 12.2. The van der Waals surface area contributed by atoms with Gasteiger partial charge in [-0.25, -0.2) is 0 Å². The summed E-state index contributed by atoms with van der Waals surface area (Å²) in [7, 11) is 3.27. The van der Waals surface area contributed by atoms with Crippen LogP contribution in [0.4, 0.5) is 11.4 Å². The molecule has 0 saturated heterocycles. The molecule has 2 amide bonds. The Labute approximate surface area is 146 Å². The first-order valence-corrected chi connectivity index (χ1v) is 7.01. The van der Waals surface area contributed by atoms with E-state index < -0.39 is 0 Å². The van der Waals surface area contributed by atoms with Gasteiger partial charge in [-0.3, -0.25) is 14.3 Å². The first-order valence-electron chi connectivity index (χ1n) is 7.01. The molecule has 1 heterocycles. The minimum atomic E-state index is -0.216.